The number of aromatic nitrogens is 2. The average Bonchev–Trinajstić information content (AvgIpc) is 2.35. The molecular weight excluding hydrogens is 314 g/mol. The molecule has 0 unspecified atom stereocenters. The molecule has 0 saturated carbocycles. The molecule has 0 saturated heterocycles. The fourth-order valence-corrected chi connectivity index (χ4v) is 2.27. The van der Waals surface area contributed by atoms with E-state index in [0.717, 1.165) is 16.8 Å². The van der Waals surface area contributed by atoms with Gasteiger partial charge in [-0.3, -0.25) is 0 Å². The summed E-state index contributed by atoms with van der Waals surface area (Å²) in [6, 6.07) is 8.43. The quantitative estimate of drug-likeness (QED) is 0.803. The van der Waals surface area contributed by atoms with E-state index in [-0.39, 0.29) is 5.28 Å². The Morgan fingerprint density at radius 1 is 1.28 bits per heavy atom. The van der Waals surface area contributed by atoms with Crippen molar-refractivity contribution in [1.29, 1.82) is 0 Å². The predicted molar refractivity (Wildman–Crippen MR) is 78.0 cm³/mol. The van der Waals surface area contributed by atoms with Crippen LogP contribution >= 0.6 is 27.5 Å². The van der Waals surface area contributed by atoms with Gasteiger partial charge in [0.1, 0.15) is 5.82 Å². The molecule has 0 radical (unpaired) electrons. The second-order valence-electron chi connectivity index (χ2n) is 4.15. The Morgan fingerprint density at radius 2 is 1.94 bits per heavy atom. The highest BCUT2D eigenvalue weighted by atomic mass is 79.9. The Kier molecular flexibility index (Phi) is 4.19. The number of hydrogen-bond donors (Lipinski definition) is 0. The van der Waals surface area contributed by atoms with E-state index in [1.54, 1.807) is 6.20 Å². The summed E-state index contributed by atoms with van der Waals surface area (Å²) in [7, 11) is 1.98. The standard InChI is InChI=1S/C13H13BrClN3/c1-9-3-5-10(6-4-9)8-18(2)12-11(14)7-16-13(15)17-12/h3-7H,8H2,1-2H3. The van der Waals surface area contributed by atoms with E-state index >= 15 is 0 Å². The molecule has 0 spiro atoms. The van der Waals surface area contributed by atoms with E-state index in [1.807, 2.05) is 11.9 Å². The molecular formula is C13H13BrClN3. The molecule has 0 fully saturated rings. The van der Waals surface area contributed by atoms with Crippen LogP contribution in [-0.4, -0.2) is 17.0 Å². The van der Waals surface area contributed by atoms with Crippen LogP contribution in [0, 0.1) is 6.92 Å². The van der Waals surface area contributed by atoms with E-state index < -0.39 is 0 Å². The second kappa shape index (κ2) is 5.67. The fraction of sp³-hybridized carbons (Fsp3) is 0.231. The zero-order valence-corrected chi connectivity index (χ0v) is 12.5. The largest absolute Gasteiger partial charge is 0.354 e. The summed E-state index contributed by atoms with van der Waals surface area (Å²) in [6.07, 6.45) is 1.66. The molecule has 0 amide bonds. The van der Waals surface area contributed by atoms with Crippen LogP contribution in [0.15, 0.2) is 34.9 Å². The number of hydrogen-bond acceptors (Lipinski definition) is 3. The van der Waals surface area contributed by atoms with Crippen molar-refractivity contribution < 1.29 is 0 Å². The maximum Gasteiger partial charge on any atom is 0.224 e. The van der Waals surface area contributed by atoms with Gasteiger partial charge in [0, 0.05) is 19.8 Å². The summed E-state index contributed by atoms with van der Waals surface area (Å²) < 4.78 is 0.835. The summed E-state index contributed by atoms with van der Waals surface area (Å²) in [6.45, 7) is 2.85. The van der Waals surface area contributed by atoms with E-state index in [9.17, 15) is 0 Å². The maximum atomic E-state index is 5.81. The minimum absolute atomic E-state index is 0.254. The Bertz CT molecular complexity index is 542. The van der Waals surface area contributed by atoms with Gasteiger partial charge in [-0.25, -0.2) is 4.98 Å². The van der Waals surface area contributed by atoms with Crippen molar-refractivity contribution in [2.45, 2.75) is 13.5 Å². The van der Waals surface area contributed by atoms with Gasteiger partial charge in [0.05, 0.1) is 4.47 Å². The third-order valence-corrected chi connectivity index (χ3v) is 3.34. The molecule has 3 nitrogen and oxygen atoms in total. The molecule has 94 valence electrons. The van der Waals surface area contributed by atoms with Crippen LogP contribution in [0.25, 0.3) is 0 Å². The molecule has 0 aliphatic carbocycles. The first-order valence-electron chi connectivity index (χ1n) is 5.51. The summed E-state index contributed by atoms with van der Waals surface area (Å²) in [4.78, 5) is 10.2. The number of rotatable bonds is 3. The minimum atomic E-state index is 0.254. The molecule has 5 heteroatoms. The second-order valence-corrected chi connectivity index (χ2v) is 5.34. The highest BCUT2D eigenvalue weighted by Crippen LogP contribution is 2.24. The first kappa shape index (κ1) is 13.3. The van der Waals surface area contributed by atoms with Gasteiger partial charge in [0.15, 0.2) is 0 Å². The SMILES string of the molecule is Cc1ccc(CN(C)c2nc(Cl)ncc2Br)cc1. The van der Waals surface area contributed by atoms with Gasteiger partial charge >= 0.3 is 0 Å². The lowest BCUT2D eigenvalue weighted by molar-refractivity contribution is 0.886. The number of halogens is 2. The van der Waals surface area contributed by atoms with E-state index in [0.29, 0.717) is 0 Å². The first-order chi connectivity index (χ1) is 8.56. The molecule has 1 heterocycles. The summed E-state index contributed by atoms with van der Waals surface area (Å²) >= 11 is 9.25. The van der Waals surface area contributed by atoms with Crippen molar-refractivity contribution in [2.24, 2.45) is 0 Å². The number of nitrogens with zero attached hydrogens (tertiary/aromatic N) is 3. The van der Waals surface area contributed by atoms with Crippen LogP contribution in [0.2, 0.25) is 5.28 Å². The maximum absolute atomic E-state index is 5.81. The van der Waals surface area contributed by atoms with Crippen LogP contribution in [-0.2, 0) is 6.54 Å². The van der Waals surface area contributed by atoms with Crippen LogP contribution in [0.1, 0.15) is 11.1 Å². The first-order valence-corrected chi connectivity index (χ1v) is 6.68. The lowest BCUT2D eigenvalue weighted by Crippen LogP contribution is -2.18. The van der Waals surface area contributed by atoms with Crippen LogP contribution in [0.4, 0.5) is 5.82 Å². The molecule has 0 aliphatic heterocycles. The Balaban J connectivity index is 2.18. The highest BCUT2D eigenvalue weighted by molar-refractivity contribution is 9.10. The van der Waals surface area contributed by atoms with Crippen molar-refractivity contribution in [1.82, 2.24) is 9.97 Å². The summed E-state index contributed by atoms with van der Waals surface area (Å²) in [5, 5.41) is 0.254. The van der Waals surface area contributed by atoms with Gasteiger partial charge in [0.25, 0.3) is 0 Å². The minimum Gasteiger partial charge on any atom is -0.354 e. The molecule has 1 aromatic carbocycles. The van der Waals surface area contributed by atoms with Gasteiger partial charge < -0.3 is 4.90 Å². The lowest BCUT2D eigenvalue weighted by Gasteiger charge is -2.19. The molecule has 18 heavy (non-hydrogen) atoms. The lowest BCUT2D eigenvalue weighted by atomic mass is 10.1. The van der Waals surface area contributed by atoms with Crippen molar-refractivity contribution in [3.05, 3.63) is 51.3 Å². The molecule has 2 aromatic rings. The van der Waals surface area contributed by atoms with Gasteiger partial charge in [0.2, 0.25) is 5.28 Å². The van der Waals surface area contributed by atoms with Gasteiger partial charge in [-0.1, -0.05) is 29.8 Å². The Labute approximate surface area is 120 Å². The van der Waals surface area contributed by atoms with Crippen LogP contribution in [0.5, 0.6) is 0 Å². The topological polar surface area (TPSA) is 29.0 Å². The monoisotopic (exact) mass is 325 g/mol. The number of anilines is 1. The molecule has 1 aromatic heterocycles. The predicted octanol–water partition coefficient (Wildman–Crippen LogP) is 3.84. The number of benzene rings is 1. The summed E-state index contributed by atoms with van der Waals surface area (Å²) in [5.41, 5.74) is 2.48. The summed E-state index contributed by atoms with van der Waals surface area (Å²) in [5.74, 6) is 0.788. The third-order valence-electron chi connectivity index (χ3n) is 2.60. The van der Waals surface area contributed by atoms with E-state index in [2.05, 4.69) is 57.1 Å². The zero-order valence-electron chi connectivity index (χ0n) is 10.2. The average molecular weight is 327 g/mol. The normalized spacial score (nSPS) is 10.4. The molecule has 0 N–H and O–H groups in total. The Morgan fingerprint density at radius 3 is 2.61 bits per heavy atom. The van der Waals surface area contributed by atoms with Crippen molar-refractivity contribution in [3.8, 4) is 0 Å². The Hall–Kier alpha value is -1.13. The van der Waals surface area contributed by atoms with Gasteiger partial charge in [-0.05, 0) is 40.0 Å². The van der Waals surface area contributed by atoms with E-state index in [1.165, 1.54) is 11.1 Å². The molecule has 0 atom stereocenters. The zero-order chi connectivity index (χ0) is 13.1. The van der Waals surface area contributed by atoms with Crippen LogP contribution in [0.3, 0.4) is 0 Å². The van der Waals surface area contributed by atoms with E-state index in [4.69, 9.17) is 11.6 Å². The number of aryl methyl sites for hydroxylation is 1. The van der Waals surface area contributed by atoms with Crippen molar-refractivity contribution in [3.63, 3.8) is 0 Å². The molecule has 0 aliphatic rings. The van der Waals surface area contributed by atoms with Crippen molar-refractivity contribution in [2.75, 3.05) is 11.9 Å². The molecule has 0 bridgehead atoms. The van der Waals surface area contributed by atoms with Gasteiger partial charge in [-0.15, -0.1) is 0 Å². The fourth-order valence-electron chi connectivity index (χ4n) is 1.65. The molecule has 2 rings (SSSR count). The smallest absolute Gasteiger partial charge is 0.224 e. The third kappa shape index (κ3) is 3.21. The van der Waals surface area contributed by atoms with Crippen LogP contribution < -0.4 is 4.90 Å². The highest BCUT2D eigenvalue weighted by Gasteiger charge is 2.09. The van der Waals surface area contributed by atoms with Crippen molar-refractivity contribution >= 4 is 33.3 Å². The van der Waals surface area contributed by atoms with Gasteiger partial charge in [-0.2, -0.15) is 4.98 Å².